The normalized spacial score (nSPS) is 12.6. The van der Waals surface area contributed by atoms with Crippen molar-refractivity contribution in [3.63, 3.8) is 0 Å². The van der Waals surface area contributed by atoms with Crippen molar-refractivity contribution in [2.75, 3.05) is 0 Å². The number of halogens is 2. The highest BCUT2D eigenvalue weighted by molar-refractivity contribution is 6.48. The van der Waals surface area contributed by atoms with Crippen LogP contribution in [0.2, 0.25) is 5.02 Å². The lowest BCUT2D eigenvalue weighted by molar-refractivity contribution is 1.13. The Kier molecular flexibility index (Phi) is 4.84. The smallest absolute Gasteiger partial charge is 0.259 e. The molecule has 0 radical (unpaired) electrons. The first-order chi connectivity index (χ1) is 11.5. The third-order valence-corrected chi connectivity index (χ3v) is 3.97. The number of hydrogen-bond acceptors (Lipinski definition) is 2. The van der Waals surface area contributed by atoms with Crippen LogP contribution >= 0.6 is 23.2 Å². The maximum absolute atomic E-state index is 12.2. The maximum atomic E-state index is 12.2. The topological polar surface area (TPSA) is 45.8 Å². The van der Waals surface area contributed by atoms with E-state index in [0.29, 0.717) is 26.8 Å². The van der Waals surface area contributed by atoms with Crippen LogP contribution in [-0.4, -0.2) is 9.97 Å². The molecule has 0 saturated carbocycles. The number of rotatable bonds is 3. The largest absolute Gasteiger partial charge is 0.305 e. The lowest BCUT2D eigenvalue weighted by atomic mass is 10.1. The highest BCUT2D eigenvalue weighted by Gasteiger charge is 2.07. The molecule has 0 fully saturated rings. The van der Waals surface area contributed by atoms with Gasteiger partial charge in [0, 0.05) is 5.02 Å². The molecule has 0 spiro atoms. The minimum Gasteiger partial charge on any atom is -0.305 e. The van der Waals surface area contributed by atoms with Crippen molar-refractivity contribution in [2.45, 2.75) is 6.92 Å². The molecule has 3 nitrogen and oxygen atoms in total. The lowest BCUT2D eigenvalue weighted by Gasteiger charge is -2.03. The van der Waals surface area contributed by atoms with E-state index in [0.717, 1.165) is 11.1 Å². The van der Waals surface area contributed by atoms with Crippen molar-refractivity contribution in [1.82, 2.24) is 9.97 Å². The number of hydrogen-bond donors (Lipinski definition) is 1. The Bertz CT molecular complexity index is 1000. The Morgan fingerprint density at radius 3 is 2.67 bits per heavy atom. The summed E-state index contributed by atoms with van der Waals surface area (Å²) in [5.41, 5.74) is 2.30. The molecule has 0 aliphatic carbocycles. The van der Waals surface area contributed by atoms with E-state index in [1.807, 2.05) is 43.3 Å². The van der Waals surface area contributed by atoms with Gasteiger partial charge in [-0.2, -0.15) is 0 Å². The van der Waals surface area contributed by atoms with Crippen LogP contribution in [0, 0.1) is 0 Å². The Morgan fingerprint density at radius 2 is 1.92 bits per heavy atom. The molecule has 3 aromatic rings. The van der Waals surface area contributed by atoms with Gasteiger partial charge in [0.25, 0.3) is 5.56 Å². The average molecular weight is 357 g/mol. The van der Waals surface area contributed by atoms with Crippen LogP contribution in [0.1, 0.15) is 18.3 Å². The standard InChI is InChI=1S/C19H14Cl2N2O/c1-12(9-13-5-3-2-4-6-13)10-16(21)18-22-17-8-7-14(20)11-15(17)19(24)23-18/h2-11H,1H3,(H,22,23,24)/b12-9-,16-10-. The summed E-state index contributed by atoms with van der Waals surface area (Å²) in [4.78, 5) is 19.3. The molecule has 0 aliphatic heterocycles. The van der Waals surface area contributed by atoms with Crippen LogP contribution in [0.25, 0.3) is 22.0 Å². The minimum absolute atomic E-state index is 0.270. The first-order valence-corrected chi connectivity index (χ1v) is 8.09. The molecule has 1 aromatic heterocycles. The van der Waals surface area contributed by atoms with Crippen LogP contribution in [0.3, 0.4) is 0 Å². The van der Waals surface area contributed by atoms with Crippen molar-refractivity contribution in [1.29, 1.82) is 0 Å². The highest BCUT2D eigenvalue weighted by Crippen LogP contribution is 2.20. The summed E-state index contributed by atoms with van der Waals surface area (Å²) >= 11 is 12.2. The van der Waals surface area contributed by atoms with Crippen LogP contribution in [0.15, 0.2) is 65.0 Å². The Hall–Kier alpha value is -2.36. The Morgan fingerprint density at radius 1 is 1.17 bits per heavy atom. The SMILES string of the molecule is CC(=C/c1ccccc1)/C=C(\Cl)c1nc2ccc(Cl)cc2c(=O)[nH]1. The van der Waals surface area contributed by atoms with E-state index in [1.54, 1.807) is 24.3 Å². The summed E-state index contributed by atoms with van der Waals surface area (Å²) in [7, 11) is 0. The number of benzene rings is 2. The van der Waals surface area contributed by atoms with Crippen molar-refractivity contribution >= 4 is 45.2 Å². The van der Waals surface area contributed by atoms with Crippen molar-refractivity contribution < 1.29 is 0 Å². The van der Waals surface area contributed by atoms with Crippen molar-refractivity contribution in [3.8, 4) is 0 Å². The number of nitrogens with zero attached hydrogens (tertiary/aromatic N) is 1. The van der Waals surface area contributed by atoms with E-state index in [1.165, 1.54) is 0 Å². The molecule has 1 N–H and O–H groups in total. The third kappa shape index (κ3) is 3.75. The Balaban J connectivity index is 1.99. The predicted molar refractivity (Wildman–Crippen MR) is 101 cm³/mol. The van der Waals surface area contributed by atoms with Crippen LogP contribution in [-0.2, 0) is 0 Å². The van der Waals surface area contributed by atoms with E-state index in [4.69, 9.17) is 23.2 Å². The average Bonchev–Trinajstić information content (AvgIpc) is 2.56. The van der Waals surface area contributed by atoms with Crippen LogP contribution in [0.4, 0.5) is 0 Å². The molecular formula is C19H14Cl2N2O. The summed E-state index contributed by atoms with van der Waals surface area (Å²) in [6.45, 7) is 1.94. The second-order valence-electron chi connectivity index (χ2n) is 5.37. The molecule has 3 rings (SSSR count). The third-order valence-electron chi connectivity index (χ3n) is 3.44. The van der Waals surface area contributed by atoms with Gasteiger partial charge in [0.2, 0.25) is 0 Å². The highest BCUT2D eigenvalue weighted by atomic mass is 35.5. The molecule has 2 aromatic carbocycles. The van der Waals surface area contributed by atoms with Crippen molar-refractivity contribution in [2.24, 2.45) is 0 Å². The second-order valence-corrected chi connectivity index (χ2v) is 6.21. The van der Waals surface area contributed by atoms with Gasteiger partial charge < -0.3 is 4.98 Å². The zero-order valence-corrected chi connectivity index (χ0v) is 14.4. The second kappa shape index (κ2) is 7.04. The molecule has 1 heterocycles. The summed E-state index contributed by atoms with van der Waals surface area (Å²) < 4.78 is 0. The van der Waals surface area contributed by atoms with Crippen LogP contribution < -0.4 is 5.56 Å². The monoisotopic (exact) mass is 356 g/mol. The zero-order chi connectivity index (χ0) is 17.1. The molecule has 0 unspecified atom stereocenters. The first kappa shape index (κ1) is 16.5. The molecule has 0 amide bonds. The van der Waals surface area contributed by atoms with Gasteiger partial charge in [-0.05, 0) is 42.3 Å². The summed E-state index contributed by atoms with van der Waals surface area (Å²) in [6, 6.07) is 14.9. The molecule has 24 heavy (non-hydrogen) atoms. The molecule has 5 heteroatoms. The summed E-state index contributed by atoms with van der Waals surface area (Å²) in [6.07, 6.45) is 3.77. The maximum Gasteiger partial charge on any atom is 0.259 e. The quantitative estimate of drug-likeness (QED) is 0.650. The van der Waals surface area contributed by atoms with Gasteiger partial charge in [0.05, 0.1) is 15.9 Å². The van der Waals surface area contributed by atoms with Crippen LogP contribution in [0.5, 0.6) is 0 Å². The van der Waals surface area contributed by atoms with E-state index in [2.05, 4.69) is 9.97 Å². The number of H-pyrrole nitrogens is 1. The fraction of sp³-hybridized carbons (Fsp3) is 0.0526. The molecular weight excluding hydrogens is 343 g/mol. The number of fused-ring (bicyclic) bond motifs is 1. The van der Waals surface area contributed by atoms with E-state index >= 15 is 0 Å². The van der Waals surface area contributed by atoms with E-state index < -0.39 is 0 Å². The fourth-order valence-corrected chi connectivity index (χ4v) is 2.78. The van der Waals surface area contributed by atoms with E-state index in [-0.39, 0.29) is 5.56 Å². The molecule has 0 saturated heterocycles. The molecule has 0 atom stereocenters. The molecule has 0 bridgehead atoms. The summed E-state index contributed by atoms with van der Waals surface area (Å²) in [5, 5.41) is 1.30. The lowest BCUT2D eigenvalue weighted by Crippen LogP contribution is -2.10. The number of aromatic amines is 1. The minimum atomic E-state index is -0.270. The number of allylic oxidation sites excluding steroid dienone is 2. The van der Waals surface area contributed by atoms with E-state index in [9.17, 15) is 4.79 Å². The predicted octanol–water partition coefficient (Wildman–Crippen LogP) is 5.26. The van der Waals surface area contributed by atoms with Gasteiger partial charge in [-0.15, -0.1) is 0 Å². The van der Waals surface area contributed by atoms with Gasteiger partial charge >= 0.3 is 0 Å². The fourth-order valence-electron chi connectivity index (χ4n) is 2.35. The van der Waals surface area contributed by atoms with Gasteiger partial charge in [0.1, 0.15) is 0 Å². The summed E-state index contributed by atoms with van der Waals surface area (Å²) in [5.74, 6) is 0.331. The van der Waals surface area contributed by atoms with Gasteiger partial charge in [-0.25, -0.2) is 4.98 Å². The first-order valence-electron chi connectivity index (χ1n) is 7.33. The van der Waals surface area contributed by atoms with Crippen molar-refractivity contribution in [3.05, 3.63) is 86.9 Å². The molecule has 0 aliphatic rings. The zero-order valence-electron chi connectivity index (χ0n) is 12.9. The molecule has 120 valence electrons. The van der Waals surface area contributed by atoms with Gasteiger partial charge in [0.15, 0.2) is 5.82 Å². The van der Waals surface area contributed by atoms with Gasteiger partial charge in [-0.1, -0.05) is 59.6 Å². The number of aromatic nitrogens is 2. The Labute approximate surface area is 149 Å². The number of nitrogens with one attached hydrogen (secondary N) is 1. The van der Waals surface area contributed by atoms with Gasteiger partial charge in [-0.3, -0.25) is 4.79 Å².